The van der Waals surface area contributed by atoms with Crippen LogP contribution in [0.1, 0.15) is 42.1 Å². The van der Waals surface area contributed by atoms with Crippen LogP contribution in [0.2, 0.25) is 0 Å². The molecule has 1 saturated carbocycles. The van der Waals surface area contributed by atoms with Gasteiger partial charge in [-0.2, -0.15) is 0 Å². The second kappa shape index (κ2) is 7.43. The lowest BCUT2D eigenvalue weighted by molar-refractivity contribution is -0.117. The van der Waals surface area contributed by atoms with Gasteiger partial charge in [0, 0.05) is 23.5 Å². The lowest BCUT2D eigenvalue weighted by Crippen LogP contribution is -2.44. The average Bonchev–Trinajstić information content (AvgIpc) is 3.50. The Kier molecular flexibility index (Phi) is 4.84. The van der Waals surface area contributed by atoms with Gasteiger partial charge in [-0.05, 0) is 56.4 Å². The molecule has 1 fully saturated rings. The molecule has 1 unspecified atom stereocenters. The van der Waals surface area contributed by atoms with Gasteiger partial charge in [0.05, 0.1) is 12.1 Å². The molecule has 2 aromatic rings. The van der Waals surface area contributed by atoms with Crippen LogP contribution >= 0.6 is 0 Å². The van der Waals surface area contributed by atoms with E-state index in [2.05, 4.69) is 23.6 Å². The number of fused-ring (bicyclic) bond motifs is 1. The number of carbonyl (C=O) groups is 2. The highest BCUT2D eigenvalue weighted by Crippen LogP contribution is 2.30. The molecule has 0 radical (unpaired) electrons. The summed E-state index contributed by atoms with van der Waals surface area (Å²) in [4.78, 5) is 27.3. The highest BCUT2D eigenvalue weighted by Gasteiger charge is 2.28. The molecule has 5 nitrogen and oxygen atoms in total. The molecule has 5 heteroatoms. The van der Waals surface area contributed by atoms with Crippen molar-refractivity contribution in [3.8, 4) is 0 Å². The lowest BCUT2D eigenvalue weighted by Gasteiger charge is -2.35. The molecule has 1 aliphatic carbocycles. The number of hydrogen-bond acceptors (Lipinski definition) is 3. The molecule has 140 valence electrons. The van der Waals surface area contributed by atoms with E-state index in [4.69, 9.17) is 0 Å². The van der Waals surface area contributed by atoms with Crippen LogP contribution in [0, 0.1) is 0 Å². The molecule has 4 rings (SSSR count). The maximum Gasteiger partial charge on any atom is 0.253 e. The van der Waals surface area contributed by atoms with Gasteiger partial charge in [-0.15, -0.1) is 0 Å². The third kappa shape index (κ3) is 3.82. The van der Waals surface area contributed by atoms with Gasteiger partial charge in [0.1, 0.15) is 0 Å². The molecular weight excluding hydrogens is 338 g/mol. The Morgan fingerprint density at radius 3 is 2.59 bits per heavy atom. The van der Waals surface area contributed by atoms with Crippen molar-refractivity contribution in [2.75, 3.05) is 16.8 Å². The summed E-state index contributed by atoms with van der Waals surface area (Å²) >= 11 is 0. The topological polar surface area (TPSA) is 61.4 Å². The van der Waals surface area contributed by atoms with E-state index in [9.17, 15) is 9.59 Å². The van der Waals surface area contributed by atoms with Crippen LogP contribution < -0.4 is 15.5 Å². The molecule has 1 aliphatic heterocycles. The largest absolute Gasteiger partial charge is 0.375 e. The summed E-state index contributed by atoms with van der Waals surface area (Å²) in [5.74, 6) is -0.0585. The van der Waals surface area contributed by atoms with Crippen LogP contribution in [0.4, 0.5) is 11.4 Å². The van der Waals surface area contributed by atoms with Crippen molar-refractivity contribution < 1.29 is 9.59 Å². The van der Waals surface area contributed by atoms with Crippen LogP contribution in [0.5, 0.6) is 0 Å². The summed E-state index contributed by atoms with van der Waals surface area (Å²) in [5, 5.41) is 6.19. The number of para-hydroxylation sites is 2. The van der Waals surface area contributed by atoms with Crippen LogP contribution in [-0.2, 0) is 11.2 Å². The van der Waals surface area contributed by atoms with Crippen molar-refractivity contribution >= 4 is 23.2 Å². The fraction of sp³-hybridized carbons (Fsp3) is 0.364. The van der Waals surface area contributed by atoms with Crippen LogP contribution in [0.25, 0.3) is 0 Å². The van der Waals surface area contributed by atoms with Gasteiger partial charge in [-0.25, -0.2) is 0 Å². The number of carbonyl (C=O) groups excluding carboxylic acids is 2. The number of rotatable bonds is 5. The number of amides is 2. The van der Waals surface area contributed by atoms with Crippen LogP contribution in [0.3, 0.4) is 0 Å². The summed E-state index contributed by atoms with van der Waals surface area (Å²) in [6.07, 6.45) is 4.06. The first-order chi connectivity index (χ1) is 13.1. The maximum absolute atomic E-state index is 13.0. The van der Waals surface area contributed by atoms with E-state index >= 15 is 0 Å². The molecule has 0 aromatic heterocycles. The number of nitrogens with one attached hydrogen (secondary N) is 2. The van der Waals surface area contributed by atoms with Crippen molar-refractivity contribution in [2.45, 2.75) is 44.7 Å². The van der Waals surface area contributed by atoms with Gasteiger partial charge in [0.2, 0.25) is 5.91 Å². The molecule has 27 heavy (non-hydrogen) atoms. The minimum Gasteiger partial charge on any atom is -0.375 e. The standard InChI is InChI=1S/C22H25N3O2/c1-15-10-11-16-6-2-5-9-20(16)25(15)21(26)14-23-19-8-4-3-7-18(19)22(27)24-17-12-13-17/h2-9,15,17,23H,10-14H2,1H3,(H,24,27). The first-order valence-corrected chi connectivity index (χ1v) is 9.67. The van der Waals surface area contributed by atoms with E-state index in [1.807, 2.05) is 41.3 Å². The van der Waals surface area contributed by atoms with Crippen LogP contribution in [0.15, 0.2) is 48.5 Å². The fourth-order valence-corrected chi connectivity index (χ4v) is 3.65. The van der Waals surface area contributed by atoms with E-state index in [-0.39, 0.29) is 24.4 Å². The SMILES string of the molecule is CC1CCc2ccccc2N1C(=O)CNc1ccccc1C(=O)NC1CC1. The first kappa shape index (κ1) is 17.6. The Hall–Kier alpha value is -2.82. The number of anilines is 2. The predicted octanol–water partition coefficient (Wildman–Crippen LogP) is 3.36. The van der Waals surface area contributed by atoms with Gasteiger partial charge >= 0.3 is 0 Å². The second-order valence-electron chi connectivity index (χ2n) is 7.43. The third-order valence-electron chi connectivity index (χ3n) is 5.31. The van der Waals surface area contributed by atoms with Gasteiger partial charge in [-0.3, -0.25) is 9.59 Å². The summed E-state index contributed by atoms with van der Waals surface area (Å²) in [7, 11) is 0. The van der Waals surface area contributed by atoms with E-state index in [1.165, 1.54) is 5.56 Å². The molecular formula is C22H25N3O2. The molecule has 1 heterocycles. The van der Waals surface area contributed by atoms with Gasteiger partial charge in [0.15, 0.2) is 0 Å². The van der Waals surface area contributed by atoms with E-state index in [0.29, 0.717) is 17.3 Å². The van der Waals surface area contributed by atoms with E-state index < -0.39 is 0 Å². The van der Waals surface area contributed by atoms with E-state index in [1.54, 1.807) is 6.07 Å². The maximum atomic E-state index is 13.0. The number of hydrogen-bond donors (Lipinski definition) is 2. The summed E-state index contributed by atoms with van der Waals surface area (Å²) in [6, 6.07) is 15.9. The van der Waals surface area contributed by atoms with Crippen LogP contribution in [-0.4, -0.2) is 30.4 Å². The highest BCUT2D eigenvalue weighted by molar-refractivity contribution is 6.02. The quantitative estimate of drug-likeness (QED) is 0.856. The Bertz CT molecular complexity index is 860. The Morgan fingerprint density at radius 2 is 1.78 bits per heavy atom. The second-order valence-corrected chi connectivity index (χ2v) is 7.43. The minimum absolute atomic E-state index is 0.0204. The Balaban J connectivity index is 1.48. The smallest absolute Gasteiger partial charge is 0.253 e. The minimum atomic E-state index is -0.0789. The summed E-state index contributed by atoms with van der Waals surface area (Å²) in [5.41, 5.74) is 3.50. The van der Waals surface area contributed by atoms with Crippen molar-refractivity contribution in [3.63, 3.8) is 0 Å². The zero-order chi connectivity index (χ0) is 18.8. The number of aryl methyl sites for hydroxylation is 1. The monoisotopic (exact) mass is 363 g/mol. The number of nitrogens with zero attached hydrogens (tertiary/aromatic N) is 1. The van der Waals surface area contributed by atoms with E-state index in [0.717, 1.165) is 31.4 Å². The lowest BCUT2D eigenvalue weighted by atomic mass is 9.96. The zero-order valence-electron chi connectivity index (χ0n) is 15.6. The summed E-state index contributed by atoms with van der Waals surface area (Å²) < 4.78 is 0. The summed E-state index contributed by atoms with van der Waals surface area (Å²) in [6.45, 7) is 2.25. The third-order valence-corrected chi connectivity index (χ3v) is 5.31. The highest BCUT2D eigenvalue weighted by atomic mass is 16.2. The zero-order valence-corrected chi connectivity index (χ0v) is 15.6. The molecule has 2 amide bonds. The Morgan fingerprint density at radius 1 is 1.04 bits per heavy atom. The fourth-order valence-electron chi connectivity index (χ4n) is 3.65. The van der Waals surface area contributed by atoms with Crippen molar-refractivity contribution in [1.82, 2.24) is 5.32 Å². The molecule has 2 N–H and O–H groups in total. The van der Waals surface area contributed by atoms with Gasteiger partial charge in [-0.1, -0.05) is 30.3 Å². The van der Waals surface area contributed by atoms with Crippen molar-refractivity contribution in [1.29, 1.82) is 0 Å². The first-order valence-electron chi connectivity index (χ1n) is 9.67. The molecule has 0 bridgehead atoms. The molecule has 2 aliphatic rings. The molecule has 0 spiro atoms. The average molecular weight is 363 g/mol. The normalized spacial score (nSPS) is 18.6. The predicted molar refractivity (Wildman–Crippen MR) is 107 cm³/mol. The van der Waals surface area contributed by atoms with Gasteiger partial charge < -0.3 is 15.5 Å². The van der Waals surface area contributed by atoms with Gasteiger partial charge in [0.25, 0.3) is 5.91 Å². The molecule has 1 atom stereocenters. The molecule has 0 saturated heterocycles. The molecule has 2 aromatic carbocycles. The number of benzene rings is 2. The van der Waals surface area contributed by atoms with Crippen molar-refractivity contribution in [2.24, 2.45) is 0 Å². The Labute approximate surface area is 159 Å². The van der Waals surface area contributed by atoms with Crippen molar-refractivity contribution in [3.05, 3.63) is 59.7 Å².